The summed E-state index contributed by atoms with van der Waals surface area (Å²) in [7, 11) is 1.94. The zero-order chi connectivity index (χ0) is 13.2. The number of nitrogens with one attached hydrogen (secondary N) is 1. The molecule has 2 heterocycles. The second-order valence-corrected chi connectivity index (χ2v) is 6.63. The maximum atomic E-state index is 12.4. The van der Waals surface area contributed by atoms with Crippen molar-refractivity contribution < 1.29 is 4.79 Å². The molecule has 1 aromatic rings. The summed E-state index contributed by atoms with van der Waals surface area (Å²) in [4.78, 5) is 16.1. The lowest BCUT2D eigenvalue weighted by molar-refractivity contribution is -0.134. The number of hydrogen-bond donors (Lipinski definition) is 1. The number of nitrogens with zero attached hydrogens (tertiary/aromatic N) is 1. The van der Waals surface area contributed by atoms with E-state index in [0.29, 0.717) is 18.4 Å². The normalized spacial score (nSPS) is 22.4. The van der Waals surface area contributed by atoms with Gasteiger partial charge in [0.2, 0.25) is 5.91 Å². The molecule has 0 bridgehead atoms. The molecule has 1 aliphatic carbocycles. The number of hydrogen-bond acceptors (Lipinski definition) is 3. The third kappa shape index (κ3) is 2.70. The monoisotopic (exact) mass is 278 g/mol. The van der Waals surface area contributed by atoms with Crippen LogP contribution in [0.25, 0.3) is 0 Å². The lowest BCUT2D eigenvalue weighted by atomic mass is 9.95. The van der Waals surface area contributed by atoms with Crippen LogP contribution >= 0.6 is 11.3 Å². The Hall–Kier alpha value is -0.870. The molecule has 0 saturated heterocycles. The fourth-order valence-corrected chi connectivity index (χ4v) is 4.02. The summed E-state index contributed by atoms with van der Waals surface area (Å²) in [5, 5.41) is 5.30. The third-order valence-electron chi connectivity index (χ3n) is 4.22. The Labute approximate surface area is 119 Å². The Morgan fingerprint density at radius 1 is 1.53 bits per heavy atom. The van der Waals surface area contributed by atoms with Crippen molar-refractivity contribution in [3.05, 3.63) is 21.9 Å². The van der Waals surface area contributed by atoms with E-state index in [1.807, 2.05) is 18.4 Å². The van der Waals surface area contributed by atoms with Crippen LogP contribution < -0.4 is 5.32 Å². The van der Waals surface area contributed by atoms with E-state index in [-0.39, 0.29) is 0 Å². The Kier molecular flexibility index (Phi) is 3.89. The Balaban J connectivity index is 1.72. The highest BCUT2D eigenvalue weighted by Gasteiger charge is 2.41. The maximum absolute atomic E-state index is 12.4. The smallest absolute Gasteiger partial charge is 0.223 e. The summed E-state index contributed by atoms with van der Waals surface area (Å²) in [6.07, 6.45) is 5.26. The highest BCUT2D eigenvalue weighted by molar-refractivity contribution is 7.10. The SMILES string of the molecule is CNCCCC(=O)N1CCc2sccc2C1C1CC1. The number of amides is 1. The van der Waals surface area contributed by atoms with Crippen LogP contribution in [0, 0.1) is 5.92 Å². The summed E-state index contributed by atoms with van der Waals surface area (Å²) in [5.41, 5.74) is 1.45. The molecule has 1 aromatic heterocycles. The van der Waals surface area contributed by atoms with Gasteiger partial charge in [0.1, 0.15) is 0 Å². The van der Waals surface area contributed by atoms with Gasteiger partial charge in [0, 0.05) is 17.8 Å². The highest BCUT2D eigenvalue weighted by atomic mass is 32.1. The van der Waals surface area contributed by atoms with Gasteiger partial charge >= 0.3 is 0 Å². The molecule has 19 heavy (non-hydrogen) atoms. The van der Waals surface area contributed by atoms with Crippen LogP contribution in [0.1, 0.15) is 42.2 Å². The minimum absolute atomic E-state index is 0.351. The van der Waals surface area contributed by atoms with Gasteiger partial charge in [-0.25, -0.2) is 0 Å². The van der Waals surface area contributed by atoms with Crippen molar-refractivity contribution in [2.75, 3.05) is 20.1 Å². The number of fused-ring (bicyclic) bond motifs is 1. The van der Waals surface area contributed by atoms with Crippen LogP contribution in [-0.4, -0.2) is 30.9 Å². The molecule has 0 aromatic carbocycles. The number of rotatable bonds is 5. The van der Waals surface area contributed by atoms with Crippen molar-refractivity contribution in [2.24, 2.45) is 5.92 Å². The summed E-state index contributed by atoms with van der Waals surface area (Å²) in [5.74, 6) is 1.07. The molecule has 0 spiro atoms. The number of carbonyl (C=O) groups is 1. The zero-order valence-corrected chi connectivity index (χ0v) is 12.3. The molecule has 1 N–H and O–H groups in total. The fraction of sp³-hybridized carbons (Fsp3) is 0.667. The van der Waals surface area contributed by atoms with Gasteiger partial charge in [0.15, 0.2) is 0 Å². The molecule has 1 amide bonds. The highest BCUT2D eigenvalue weighted by Crippen LogP contribution is 2.48. The van der Waals surface area contributed by atoms with Crippen molar-refractivity contribution in [3.63, 3.8) is 0 Å². The first-order valence-electron chi connectivity index (χ1n) is 7.31. The van der Waals surface area contributed by atoms with Gasteiger partial charge in [-0.2, -0.15) is 0 Å². The summed E-state index contributed by atoms with van der Waals surface area (Å²) in [6, 6.07) is 2.63. The molecule has 1 fully saturated rings. The van der Waals surface area contributed by atoms with Crippen LogP contribution in [0.15, 0.2) is 11.4 Å². The predicted octanol–water partition coefficient (Wildman–Crippen LogP) is 2.58. The minimum atomic E-state index is 0.351. The largest absolute Gasteiger partial charge is 0.335 e. The Bertz CT molecular complexity index is 453. The van der Waals surface area contributed by atoms with Gasteiger partial charge in [0.25, 0.3) is 0 Å². The minimum Gasteiger partial charge on any atom is -0.335 e. The van der Waals surface area contributed by atoms with Crippen molar-refractivity contribution >= 4 is 17.2 Å². The van der Waals surface area contributed by atoms with Gasteiger partial charge in [-0.1, -0.05) is 0 Å². The van der Waals surface area contributed by atoms with Crippen molar-refractivity contribution in [3.8, 4) is 0 Å². The molecule has 1 atom stereocenters. The number of thiophene rings is 1. The first kappa shape index (κ1) is 13.1. The Morgan fingerprint density at radius 2 is 2.37 bits per heavy atom. The van der Waals surface area contributed by atoms with E-state index >= 15 is 0 Å². The van der Waals surface area contributed by atoms with Crippen LogP contribution in [0.5, 0.6) is 0 Å². The predicted molar refractivity (Wildman–Crippen MR) is 78.4 cm³/mol. The second kappa shape index (κ2) is 5.63. The first-order valence-corrected chi connectivity index (χ1v) is 8.19. The average Bonchev–Trinajstić information content (AvgIpc) is 3.14. The van der Waals surface area contributed by atoms with E-state index < -0.39 is 0 Å². The van der Waals surface area contributed by atoms with Gasteiger partial charge in [-0.3, -0.25) is 4.79 Å². The van der Waals surface area contributed by atoms with E-state index in [2.05, 4.69) is 21.7 Å². The molecule has 3 nitrogen and oxygen atoms in total. The van der Waals surface area contributed by atoms with Gasteiger partial charge < -0.3 is 10.2 Å². The molecule has 1 aliphatic heterocycles. The molecule has 4 heteroatoms. The van der Waals surface area contributed by atoms with E-state index in [1.54, 1.807) is 0 Å². The van der Waals surface area contributed by atoms with Crippen LogP contribution in [-0.2, 0) is 11.2 Å². The van der Waals surface area contributed by atoms with Crippen molar-refractivity contribution in [2.45, 2.75) is 38.1 Å². The van der Waals surface area contributed by atoms with E-state index in [0.717, 1.165) is 31.8 Å². The van der Waals surface area contributed by atoms with Gasteiger partial charge in [0.05, 0.1) is 6.04 Å². The van der Waals surface area contributed by atoms with Crippen molar-refractivity contribution in [1.82, 2.24) is 10.2 Å². The molecule has 2 aliphatic rings. The summed E-state index contributed by atoms with van der Waals surface area (Å²) >= 11 is 1.86. The number of carbonyl (C=O) groups excluding carboxylic acids is 1. The van der Waals surface area contributed by atoms with Crippen LogP contribution in [0.2, 0.25) is 0 Å². The van der Waals surface area contributed by atoms with Crippen LogP contribution in [0.3, 0.4) is 0 Å². The molecule has 3 rings (SSSR count). The standard InChI is InChI=1S/C15H22N2OS/c1-16-8-2-3-14(18)17-9-6-13-12(7-10-19-13)15(17)11-4-5-11/h7,10-11,15-16H,2-6,8-9H2,1H3. The summed E-state index contributed by atoms with van der Waals surface area (Å²) in [6.45, 7) is 1.85. The molecule has 0 radical (unpaired) electrons. The van der Waals surface area contributed by atoms with E-state index in [1.165, 1.54) is 23.3 Å². The molecule has 1 unspecified atom stereocenters. The molecule has 104 valence electrons. The molecular weight excluding hydrogens is 256 g/mol. The van der Waals surface area contributed by atoms with Gasteiger partial charge in [-0.05, 0) is 62.2 Å². The lowest BCUT2D eigenvalue weighted by Gasteiger charge is -2.36. The first-order chi connectivity index (χ1) is 9.31. The lowest BCUT2D eigenvalue weighted by Crippen LogP contribution is -2.40. The van der Waals surface area contributed by atoms with Crippen LogP contribution in [0.4, 0.5) is 0 Å². The fourth-order valence-electron chi connectivity index (χ4n) is 3.11. The quantitative estimate of drug-likeness (QED) is 0.840. The second-order valence-electron chi connectivity index (χ2n) is 5.63. The van der Waals surface area contributed by atoms with E-state index in [4.69, 9.17) is 0 Å². The average molecular weight is 278 g/mol. The zero-order valence-electron chi connectivity index (χ0n) is 11.5. The molecule has 1 saturated carbocycles. The van der Waals surface area contributed by atoms with Gasteiger partial charge in [-0.15, -0.1) is 11.3 Å². The van der Waals surface area contributed by atoms with E-state index in [9.17, 15) is 4.79 Å². The maximum Gasteiger partial charge on any atom is 0.223 e. The third-order valence-corrected chi connectivity index (χ3v) is 5.22. The molecular formula is C15H22N2OS. The topological polar surface area (TPSA) is 32.3 Å². The van der Waals surface area contributed by atoms with Crippen molar-refractivity contribution in [1.29, 1.82) is 0 Å². The summed E-state index contributed by atoms with van der Waals surface area (Å²) < 4.78 is 0. The Morgan fingerprint density at radius 3 is 3.11 bits per heavy atom.